The molecule has 8 atom stereocenters. The highest BCUT2D eigenvalue weighted by Crippen LogP contribution is 2.66. The van der Waals surface area contributed by atoms with Gasteiger partial charge in [0.2, 0.25) is 0 Å². The van der Waals surface area contributed by atoms with Crippen molar-refractivity contribution in [3.63, 3.8) is 0 Å². The molecule has 0 aliphatic heterocycles. The fraction of sp³-hybridized carbons (Fsp3) is 0.846. The van der Waals surface area contributed by atoms with E-state index in [4.69, 9.17) is 18.9 Å². The maximum Gasteiger partial charge on any atom is 0.146 e. The highest BCUT2D eigenvalue weighted by atomic mass is 16.7. The third-order valence-electron chi connectivity index (χ3n) is 9.41. The maximum absolute atomic E-state index is 9.93. The average Bonchev–Trinajstić information content (AvgIpc) is 3.13. The normalized spacial score (nSPS) is 42.8. The molecule has 0 saturated heterocycles. The van der Waals surface area contributed by atoms with Crippen LogP contribution in [-0.4, -0.2) is 51.7 Å². The minimum absolute atomic E-state index is 0.0840. The number of hydrogen-bond donors (Lipinski definition) is 1. The Kier molecular flexibility index (Phi) is 7.00. The molecule has 176 valence electrons. The van der Waals surface area contributed by atoms with E-state index in [0.29, 0.717) is 42.9 Å². The summed E-state index contributed by atoms with van der Waals surface area (Å²) in [6, 6.07) is 0. The lowest BCUT2D eigenvalue weighted by Gasteiger charge is -2.61. The van der Waals surface area contributed by atoms with Crippen molar-refractivity contribution < 1.29 is 24.1 Å². The van der Waals surface area contributed by atoms with Gasteiger partial charge in [-0.05, 0) is 68.6 Å². The number of allylic oxidation sites excluding steroid dienone is 2. The number of ether oxygens (including phenoxy) is 4. The molecule has 0 radical (unpaired) electrons. The molecule has 0 bridgehead atoms. The van der Waals surface area contributed by atoms with Gasteiger partial charge in [-0.15, -0.1) is 0 Å². The summed E-state index contributed by atoms with van der Waals surface area (Å²) in [6.45, 7) is 7.92. The molecule has 0 amide bonds. The first-order chi connectivity index (χ1) is 14.9. The summed E-state index contributed by atoms with van der Waals surface area (Å²) in [7, 11) is 3.40. The van der Waals surface area contributed by atoms with E-state index in [2.05, 4.69) is 32.9 Å². The predicted octanol–water partition coefficient (Wildman–Crippen LogP) is 4.70. The Morgan fingerprint density at radius 1 is 1.03 bits per heavy atom. The fourth-order valence-corrected chi connectivity index (χ4v) is 7.68. The topological polar surface area (TPSA) is 57.2 Å². The van der Waals surface area contributed by atoms with Crippen molar-refractivity contribution in [1.29, 1.82) is 0 Å². The monoisotopic (exact) mass is 434 g/mol. The molecule has 0 aromatic rings. The molecule has 0 unspecified atom stereocenters. The van der Waals surface area contributed by atoms with Crippen LogP contribution in [0, 0.1) is 34.5 Å². The number of aliphatic hydroxyl groups is 1. The van der Waals surface area contributed by atoms with Crippen molar-refractivity contribution in [2.45, 2.75) is 71.5 Å². The van der Waals surface area contributed by atoms with Gasteiger partial charge in [0.1, 0.15) is 13.6 Å². The SMILES string of the molecule is COCO[C@H]1CC[C@@]2(C)[C@@H](CC[C@H]3C4=CC=C([C@H](C)CO)[C@@]4(C)[C@H](OCOC)C[C@@H]32)C1. The van der Waals surface area contributed by atoms with Crippen molar-refractivity contribution in [2.75, 3.05) is 34.4 Å². The molecule has 0 aromatic carbocycles. The summed E-state index contributed by atoms with van der Waals surface area (Å²) in [6.07, 6.45) is 12.1. The van der Waals surface area contributed by atoms with E-state index in [0.717, 1.165) is 19.3 Å². The van der Waals surface area contributed by atoms with Gasteiger partial charge in [-0.1, -0.05) is 37.1 Å². The van der Waals surface area contributed by atoms with E-state index in [-0.39, 0.29) is 24.0 Å². The number of aliphatic hydroxyl groups excluding tert-OH is 1. The van der Waals surface area contributed by atoms with Gasteiger partial charge in [0.05, 0.1) is 12.2 Å². The van der Waals surface area contributed by atoms with Crippen LogP contribution in [0.2, 0.25) is 0 Å². The van der Waals surface area contributed by atoms with Crippen LogP contribution in [0.4, 0.5) is 0 Å². The zero-order chi connectivity index (χ0) is 22.2. The van der Waals surface area contributed by atoms with Gasteiger partial charge in [-0.25, -0.2) is 0 Å². The standard InChI is InChI=1S/C26H42O5/c1-17(14-27)21-8-9-22-20-7-6-18-12-19(30-15-28-4)10-11-25(18,2)23(20)13-24(26(21,22)3)31-16-29-5/h8-9,17-20,23-24,27H,6-7,10-16H2,1-5H3/t17-,18+,19+,20+,23+,24-,25+,26-/m1/s1. The molecular weight excluding hydrogens is 392 g/mol. The van der Waals surface area contributed by atoms with Crippen LogP contribution in [0.3, 0.4) is 0 Å². The molecule has 5 heteroatoms. The minimum atomic E-state index is -0.135. The molecule has 0 spiro atoms. The third kappa shape index (κ3) is 3.85. The first-order valence-electron chi connectivity index (χ1n) is 12.1. The Balaban J connectivity index is 1.60. The molecule has 4 rings (SSSR count). The summed E-state index contributed by atoms with van der Waals surface area (Å²) in [5, 5.41) is 9.93. The van der Waals surface area contributed by atoms with Gasteiger partial charge in [0.25, 0.3) is 0 Å². The Morgan fingerprint density at radius 3 is 2.48 bits per heavy atom. The van der Waals surface area contributed by atoms with Gasteiger partial charge in [0, 0.05) is 32.2 Å². The second-order valence-corrected chi connectivity index (χ2v) is 10.8. The van der Waals surface area contributed by atoms with Gasteiger partial charge >= 0.3 is 0 Å². The van der Waals surface area contributed by atoms with Gasteiger partial charge in [-0.2, -0.15) is 0 Å². The van der Waals surface area contributed by atoms with Crippen molar-refractivity contribution in [1.82, 2.24) is 0 Å². The van der Waals surface area contributed by atoms with E-state index >= 15 is 0 Å². The zero-order valence-electron chi connectivity index (χ0n) is 20.1. The van der Waals surface area contributed by atoms with E-state index in [1.807, 2.05) is 0 Å². The van der Waals surface area contributed by atoms with Crippen LogP contribution < -0.4 is 0 Å². The van der Waals surface area contributed by atoms with Crippen LogP contribution in [0.15, 0.2) is 23.3 Å². The summed E-state index contributed by atoms with van der Waals surface area (Å²) < 4.78 is 22.9. The molecule has 3 fully saturated rings. The number of fused-ring (bicyclic) bond motifs is 5. The molecule has 0 aromatic heterocycles. The molecule has 0 heterocycles. The van der Waals surface area contributed by atoms with Crippen LogP contribution in [0.25, 0.3) is 0 Å². The Bertz CT molecular complexity index is 702. The van der Waals surface area contributed by atoms with Crippen LogP contribution in [-0.2, 0) is 18.9 Å². The molecule has 5 nitrogen and oxygen atoms in total. The third-order valence-corrected chi connectivity index (χ3v) is 9.41. The van der Waals surface area contributed by atoms with Gasteiger partial charge in [0.15, 0.2) is 0 Å². The molecule has 1 N–H and O–H groups in total. The second-order valence-electron chi connectivity index (χ2n) is 10.8. The van der Waals surface area contributed by atoms with Gasteiger partial charge < -0.3 is 24.1 Å². The van der Waals surface area contributed by atoms with E-state index in [1.165, 1.54) is 30.4 Å². The lowest BCUT2D eigenvalue weighted by atomic mass is 9.45. The summed E-state index contributed by atoms with van der Waals surface area (Å²) >= 11 is 0. The number of hydrogen-bond acceptors (Lipinski definition) is 5. The highest BCUT2D eigenvalue weighted by Gasteiger charge is 2.60. The number of methoxy groups -OCH3 is 2. The molecular formula is C26H42O5. The summed E-state index contributed by atoms with van der Waals surface area (Å²) in [5.41, 5.74) is 3.05. The van der Waals surface area contributed by atoms with Crippen LogP contribution >= 0.6 is 0 Å². The lowest BCUT2D eigenvalue weighted by molar-refractivity contribution is -0.163. The molecule has 31 heavy (non-hydrogen) atoms. The molecule has 3 saturated carbocycles. The molecule has 4 aliphatic carbocycles. The Morgan fingerprint density at radius 2 is 1.77 bits per heavy atom. The average molecular weight is 435 g/mol. The predicted molar refractivity (Wildman–Crippen MR) is 120 cm³/mol. The quantitative estimate of drug-likeness (QED) is 0.561. The smallest absolute Gasteiger partial charge is 0.146 e. The van der Waals surface area contributed by atoms with E-state index < -0.39 is 0 Å². The lowest BCUT2D eigenvalue weighted by Crippen LogP contribution is -2.56. The van der Waals surface area contributed by atoms with Crippen molar-refractivity contribution in [2.24, 2.45) is 34.5 Å². The van der Waals surface area contributed by atoms with Crippen LogP contribution in [0.5, 0.6) is 0 Å². The first-order valence-corrected chi connectivity index (χ1v) is 12.1. The van der Waals surface area contributed by atoms with Crippen molar-refractivity contribution in [3.05, 3.63) is 23.3 Å². The zero-order valence-corrected chi connectivity index (χ0v) is 20.1. The van der Waals surface area contributed by atoms with E-state index in [1.54, 1.807) is 14.2 Å². The number of rotatable bonds is 8. The Labute approximate surface area is 188 Å². The summed E-state index contributed by atoms with van der Waals surface area (Å²) in [5.74, 6) is 2.06. The Hall–Kier alpha value is -0.720. The highest BCUT2D eigenvalue weighted by molar-refractivity contribution is 5.46. The largest absolute Gasteiger partial charge is 0.396 e. The first kappa shape index (κ1) is 23.4. The molecule has 4 aliphatic rings. The van der Waals surface area contributed by atoms with E-state index in [9.17, 15) is 5.11 Å². The van der Waals surface area contributed by atoms with Crippen molar-refractivity contribution >= 4 is 0 Å². The van der Waals surface area contributed by atoms with Gasteiger partial charge in [-0.3, -0.25) is 0 Å². The minimum Gasteiger partial charge on any atom is -0.396 e. The second kappa shape index (κ2) is 9.26. The summed E-state index contributed by atoms with van der Waals surface area (Å²) in [4.78, 5) is 0. The maximum atomic E-state index is 9.93. The van der Waals surface area contributed by atoms with Crippen LogP contribution in [0.1, 0.15) is 59.3 Å². The van der Waals surface area contributed by atoms with Crippen molar-refractivity contribution in [3.8, 4) is 0 Å². The fourth-order valence-electron chi connectivity index (χ4n) is 7.68.